The maximum atomic E-state index is 12.1. The molecule has 1 aromatic carbocycles. The van der Waals surface area contributed by atoms with Gasteiger partial charge in [0.05, 0.1) is 0 Å². The summed E-state index contributed by atoms with van der Waals surface area (Å²) in [6.45, 7) is 3.95. The Labute approximate surface area is 180 Å². The highest BCUT2D eigenvalue weighted by Gasteiger charge is 2.34. The first-order valence-corrected chi connectivity index (χ1v) is 9.98. The molecule has 1 amide bonds. The number of guanidine groups is 1. The first-order chi connectivity index (χ1) is 12.6. The average molecular weight is 484 g/mol. The van der Waals surface area contributed by atoms with E-state index in [1.807, 2.05) is 25.2 Å². The van der Waals surface area contributed by atoms with Crippen LogP contribution in [0.25, 0.3) is 0 Å². The zero-order chi connectivity index (χ0) is 18.4. The van der Waals surface area contributed by atoms with Gasteiger partial charge in [0.15, 0.2) is 5.96 Å². The summed E-state index contributed by atoms with van der Waals surface area (Å²) in [6.07, 6.45) is 8.42. The highest BCUT2D eigenvalue weighted by atomic mass is 127. The van der Waals surface area contributed by atoms with Gasteiger partial charge in [-0.15, -0.1) is 24.0 Å². The Morgan fingerprint density at radius 3 is 2.56 bits per heavy atom. The number of carbonyl (C=O) groups is 1. The predicted octanol–water partition coefficient (Wildman–Crippen LogP) is 4.29. The Kier molecular flexibility index (Phi) is 8.38. The van der Waals surface area contributed by atoms with Gasteiger partial charge in [0, 0.05) is 31.7 Å². The molecule has 2 aliphatic carbocycles. The van der Waals surface area contributed by atoms with Crippen LogP contribution in [0.1, 0.15) is 57.4 Å². The number of benzene rings is 1. The molecule has 2 aliphatic rings. The van der Waals surface area contributed by atoms with Crippen molar-refractivity contribution in [2.75, 3.05) is 18.9 Å². The van der Waals surface area contributed by atoms with Crippen LogP contribution in [-0.2, 0) is 11.3 Å². The van der Waals surface area contributed by atoms with Crippen molar-refractivity contribution in [3.8, 4) is 0 Å². The molecule has 150 valence electrons. The molecule has 2 saturated carbocycles. The number of carbonyl (C=O) groups excluding carboxylic acids is 1. The molecule has 3 rings (SSSR count). The number of hydrogen-bond donors (Lipinski definition) is 3. The monoisotopic (exact) mass is 484 g/mol. The molecule has 0 heterocycles. The minimum atomic E-state index is 0. The zero-order valence-corrected chi connectivity index (χ0v) is 18.8. The van der Waals surface area contributed by atoms with E-state index in [9.17, 15) is 4.79 Å². The Bertz CT molecular complexity index is 648. The molecular weight excluding hydrogens is 451 g/mol. The SMILES string of the molecule is CCC1(CNC(=NC)NCc2cccc(NC(=O)C3CCC3)c2)CCC1.I. The van der Waals surface area contributed by atoms with Crippen molar-refractivity contribution in [3.05, 3.63) is 29.8 Å². The number of nitrogens with one attached hydrogen (secondary N) is 3. The van der Waals surface area contributed by atoms with Gasteiger partial charge in [0.25, 0.3) is 0 Å². The van der Waals surface area contributed by atoms with E-state index in [1.165, 1.54) is 32.1 Å². The number of amides is 1. The van der Waals surface area contributed by atoms with E-state index in [2.05, 4.69) is 33.9 Å². The lowest BCUT2D eigenvalue weighted by molar-refractivity contribution is -0.122. The maximum absolute atomic E-state index is 12.1. The smallest absolute Gasteiger partial charge is 0.227 e. The molecule has 0 bridgehead atoms. The van der Waals surface area contributed by atoms with Gasteiger partial charge < -0.3 is 16.0 Å². The Balaban J connectivity index is 0.00000261. The van der Waals surface area contributed by atoms with E-state index in [-0.39, 0.29) is 35.8 Å². The van der Waals surface area contributed by atoms with Gasteiger partial charge in [-0.1, -0.05) is 31.9 Å². The summed E-state index contributed by atoms with van der Waals surface area (Å²) in [6, 6.07) is 8.05. The molecule has 2 fully saturated rings. The number of nitrogens with zero attached hydrogens (tertiary/aromatic N) is 1. The summed E-state index contributed by atoms with van der Waals surface area (Å²) < 4.78 is 0. The normalized spacial score (nSPS) is 18.5. The van der Waals surface area contributed by atoms with Crippen LogP contribution in [0.4, 0.5) is 5.69 Å². The third-order valence-corrected chi connectivity index (χ3v) is 6.15. The van der Waals surface area contributed by atoms with E-state index in [4.69, 9.17) is 0 Å². The number of hydrogen-bond acceptors (Lipinski definition) is 2. The van der Waals surface area contributed by atoms with Crippen molar-refractivity contribution in [2.45, 2.75) is 58.4 Å². The zero-order valence-electron chi connectivity index (χ0n) is 16.5. The fraction of sp³-hybridized carbons (Fsp3) is 0.619. The first kappa shape index (κ1) is 22.0. The molecule has 0 aliphatic heterocycles. The molecule has 3 N–H and O–H groups in total. The maximum Gasteiger partial charge on any atom is 0.227 e. The fourth-order valence-corrected chi connectivity index (χ4v) is 3.68. The van der Waals surface area contributed by atoms with Crippen LogP contribution >= 0.6 is 24.0 Å². The molecule has 1 aromatic rings. The second kappa shape index (κ2) is 10.3. The summed E-state index contributed by atoms with van der Waals surface area (Å²) in [7, 11) is 1.81. The van der Waals surface area contributed by atoms with E-state index in [0.29, 0.717) is 12.0 Å². The van der Waals surface area contributed by atoms with Crippen LogP contribution < -0.4 is 16.0 Å². The van der Waals surface area contributed by atoms with E-state index < -0.39 is 0 Å². The van der Waals surface area contributed by atoms with E-state index >= 15 is 0 Å². The van der Waals surface area contributed by atoms with Crippen LogP contribution in [-0.4, -0.2) is 25.5 Å². The van der Waals surface area contributed by atoms with Gasteiger partial charge in [-0.3, -0.25) is 9.79 Å². The standard InChI is InChI=1S/C21H32N4O.HI/c1-3-21(11-6-12-21)15-24-20(22-2)23-14-16-7-4-10-18(13-16)25-19(26)17-8-5-9-17;/h4,7,10,13,17H,3,5-6,8-9,11-12,14-15H2,1-2H3,(H,25,26)(H2,22,23,24);1H. The lowest BCUT2D eigenvalue weighted by Crippen LogP contribution is -2.46. The quantitative estimate of drug-likeness (QED) is 0.308. The van der Waals surface area contributed by atoms with Crippen molar-refractivity contribution in [2.24, 2.45) is 16.3 Å². The molecule has 0 unspecified atom stereocenters. The van der Waals surface area contributed by atoms with Gasteiger partial charge in [-0.05, 0) is 55.2 Å². The van der Waals surface area contributed by atoms with E-state index in [1.54, 1.807) is 0 Å². The van der Waals surface area contributed by atoms with Crippen LogP contribution in [0.5, 0.6) is 0 Å². The van der Waals surface area contributed by atoms with Crippen LogP contribution in [0, 0.1) is 11.3 Å². The summed E-state index contributed by atoms with van der Waals surface area (Å²) >= 11 is 0. The molecule has 0 spiro atoms. The van der Waals surface area contributed by atoms with Gasteiger partial charge in [-0.2, -0.15) is 0 Å². The number of rotatable bonds is 7. The second-order valence-corrected chi connectivity index (χ2v) is 7.80. The van der Waals surface area contributed by atoms with Crippen molar-refractivity contribution >= 4 is 41.5 Å². The van der Waals surface area contributed by atoms with Gasteiger partial charge in [-0.25, -0.2) is 0 Å². The topological polar surface area (TPSA) is 65.5 Å². The molecule has 5 nitrogen and oxygen atoms in total. The van der Waals surface area contributed by atoms with E-state index in [0.717, 1.165) is 36.6 Å². The summed E-state index contributed by atoms with van der Waals surface area (Å²) in [4.78, 5) is 16.4. The molecule has 0 aromatic heterocycles. The van der Waals surface area contributed by atoms with Crippen molar-refractivity contribution < 1.29 is 4.79 Å². The van der Waals surface area contributed by atoms with Gasteiger partial charge >= 0.3 is 0 Å². The molecule has 27 heavy (non-hydrogen) atoms. The molecular formula is C21H33IN4O. The molecule has 6 heteroatoms. The van der Waals surface area contributed by atoms with Gasteiger partial charge in [0.1, 0.15) is 0 Å². The third-order valence-electron chi connectivity index (χ3n) is 6.15. The van der Waals surface area contributed by atoms with Crippen molar-refractivity contribution in [1.82, 2.24) is 10.6 Å². The Morgan fingerprint density at radius 2 is 2.00 bits per heavy atom. The minimum Gasteiger partial charge on any atom is -0.356 e. The third kappa shape index (κ3) is 5.83. The number of halogens is 1. The highest BCUT2D eigenvalue weighted by molar-refractivity contribution is 14.0. The van der Waals surface area contributed by atoms with Crippen LogP contribution in [0.15, 0.2) is 29.3 Å². The number of anilines is 1. The lowest BCUT2D eigenvalue weighted by atomic mass is 9.67. The second-order valence-electron chi connectivity index (χ2n) is 7.80. The molecule has 0 atom stereocenters. The largest absolute Gasteiger partial charge is 0.356 e. The number of aliphatic imine (C=N–C) groups is 1. The molecule has 0 saturated heterocycles. The van der Waals surface area contributed by atoms with Crippen molar-refractivity contribution in [1.29, 1.82) is 0 Å². The Morgan fingerprint density at radius 1 is 1.22 bits per heavy atom. The Hall–Kier alpha value is -1.31. The predicted molar refractivity (Wildman–Crippen MR) is 123 cm³/mol. The summed E-state index contributed by atoms with van der Waals surface area (Å²) in [5, 5.41) is 9.90. The summed E-state index contributed by atoms with van der Waals surface area (Å²) in [5.74, 6) is 1.20. The van der Waals surface area contributed by atoms with Crippen molar-refractivity contribution in [3.63, 3.8) is 0 Å². The highest BCUT2D eigenvalue weighted by Crippen LogP contribution is 2.42. The lowest BCUT2D eigenvalue weighted by Gasteiger charge is -2.41. The van der Waals surface area contributed by atoms with Gasteiger partial charge in [0.2, 0.25) is 5.91 Å². The van der Waals surface area contributed by atoms with Crippen LogP contribution in [0.3, 0.4) is 0 Å². The fourth-order valence-electron chi connectivity index (χ4n) is 3.68. The van der Waals surface area contributed by atoms with Crippen LogP contribution in [0.2, 0.25) is 0 Å². The molecule has 0 radical (unpaired) electrons. The summed E-state index contributed by atoms with van der Waals surface area (Å²) in [5.41, 5.74) is 2.47. The minimum absolute atomic E-state index is 0. The average Bonchev–Trinajstić information content (AvgIpc) is 2.55. The first-order valence-electron chi connectivity index (χ1n) is 9.98.